The highest BCUT2D eigenvalue weighted by Gasteiger charge is 2.23. The summed E-state index contributed by atoms with van der Waals surface area (Å²) in [5.74, 6) is -0.930. The highest BCUT2D eigenvalue weighted by atomic mass is 16.4. The van der Waals surface area contributed by atoms with E-state index in [0.29, 0.717) is 6.42 Å². The number of carboxylic acid groups (broad SMARTS) is 1. The van der Waals surface area contributed by atoms with E-state index < -0.39 is 12.0 Å². The van der Waals surface area contributed by atoms with E-state index in [1.54, 1.807) is 6.21 Å². The summed E-state index contributed by atoms with van der Waals surface area (Å²) in [5.41, 5.74) is 7.47. The second-order valence-corrected chi connectivity index (χ2v) is 3.62. The van der Waals surface area contributed by atoms with Gasteiger partial charge in [-0.15, -0.1) is 0 Å². The number of para-hydroxylation sites is 1. The first-order valence-corrected chi connectivity index (χ1v) is 4.80. The first kappa shape index (κ1) is 9.86. The summed E-state index contributed by atoms with van der Waals surface area (Å²) in [6.07, 6.45) is 2.17. The van der Waals surface area contributed by atoms with Gasteiger partial charge in [0.25, 0.3) is 0 Å². The number of nitrogens with zero attached hydrogens (tertiary/aromatic N) is 1. The molecule has 4 heteroatoms. The lowest BCUT2D eigenvalue weighted by molar-refractivity contribution is -0.138. The molecule has 1 aromatic rings. The molecule has 1 aliphatic rings. The fourth-order valence-electron chi connectivity index (χ4n) is 1.73. The van der Waals surface area contributed by atoms with Gasteiger partial charge in [-0.1, -0.05) is 18.2 Å². The summed E-state index contributed by atoms with van der Waals surface area (Å²) in [6, 6.07) is 6.88. The maximum absolute atomic E-state index is 10.6. The zero-order valence-corrected chi connectivity index (χ0v) is 8.13. The van der Waals surface area contributed by atoms with Crippen LogP contribution in [0.25, 0.3) is 0 Å². The summed E-state index contributed by atoms with van der Waals surface area (Å²) < 4.78 is 0. The number of rotatable bonds is 3. The van der Waals surface area contributed by atoms with Gasteiger partial charge >= 0.3 is 5.97 Å². The first-order valence-electron chi connectivity index (χ1n) is 4.80. The second-order valence-electron chi connectivity index (χ2n) is 3.62. The van der Waals surface area contributed by atoms with Crippen LogP contribution < -0.4 is 5.73 Å². The third-order valence-corrected chi connectivity index (χ3v) is 2.55. The molecule has 1 aliphatic heterocycles. The summed E-state index contributed by atoms with van der Waals surface area (Å²) in [6.45, 7) is 0. The zero-order chi connectivity index (χ0) is 10.8. The van der Waals surface area contributed by atoms with Crippen molar-refractivity contribution in [1.29, 1.82) is 0 Å². The largest absolute Gasteiger partial charge is 0.480 e. The first-order chi connectivity index (χ1) is 7.18. The Morgan fingerprint density at radius 3 is 3.00 bits per heavy atom. The molecule has 0 spiro atoms. The van der Waals surface area contributed by atoms with Gasteiger partial charge < -0.3 is 10.8 Å². The zero-order valence-electron chi connectivity index (χ0n) is 8.13. The van der Waals surface area contributed by atoms with Crippen molar-refractivity contribution in [3.05, 3.63) is 29.8 Å². The van der Waals surface area contributed by atoms with E-state index in [4.69, 9.17) is 10.8 Å². The summed E-state index contributed by atoms with van der Waals surface area (Å²) in [5, 5.41) is 8.72. The number of hydrogen-bond donors (Lipinski definition) is 2. The van der Waals surface area contributed by atoms with E-state index in [1.165, 1.54) is 0 Å². The van der Waals surface area contributed by atoms with E-state index in [0.717, 1.165) is 11.3 Å². The Hall–Kier alpha value is -1.68. The van der Waals surface area contributed by atoms with Crippen LogP contribution in [0.15, 0.2) is 29.3 Å². The SMILES string of the molecule is N[C@H](C[C@@H]1C=Nc2ccccc21)C(=O)O. The maximum atomic E-state index is 10.6. The number of carboxylic acids is 1. The van der Waals surface area contributed by atoms with E-state index in [9.17, 15) is 4.79 Å². The molecule has 1 aromatic carbocycles. The average Bonchev–Trinajstić information content (AvgIpc) is 2.62. The van der Waals surface area contributed by atoms with Crippen LogP contribution in [0.5, 0.6) is 0 Å². The fraction of sp³-hybridized carbons (Fsp3) is 0.273. The molecule has 0 saturated carbocycles. The minimum atomic E-state index is -0.965. The quantitative estimate of drug-likeness (QED) is 0.778. The molecule has 0 unspecified atom stereocenters. The molecule has 0 radical (unpaired) electrons. The molecule has 0 aliphatic carbocycles. The molecule has 2 rings (SSSR count). The Kier molecular flexibility index (Phi) is 2.51. The highest BCUT2D eigenvalue weighted by Crippen LogP contribution is 2.33. The molecule has 1 heterocycles. The maximum Gasteiger partial charge on any atom is 0.320 e. The summed E-state index contributed by atoms with van der Waals surface area (Å²) in [4.78, 5) is 14.8. The normalized spacial score (nSPS) is 19.9. The number of nitrogens with two attached hydrogens (primary N) is 1. The standard InChI is InChI=1S/C11H12N2O2/c12-9(11(14)15)5-7-6-13-10-4-2-1-3-8(7)10/h1-4,6-7,9H,5,12H2,(H,14,15)/t7-,9-/m1/s1. The van der Waals surface area contributed by atoms with Crippen LogP contribution in [-0.2, 0) is 4.79 Å². The van der Waals surface area contributed by atoms with Crippen LogP contribution in [0.2, 0.25) is 0 Å². The Bertz CT molecular complexity index is 415. The van der Waals surface area contributed by atoms with Gasteiger partial charge in [-0.3, -0.25) is 9.79 Å². The molecule has 0 aromatic heterocycles. The lowest BCUT2D eigenvalue weighted by atomic mass is 9.94. The van der Waals surface area contributed by atoms with Crippen molar-refractivity contribution in [2.75, 3.05) is 0 Å². The van der Waals surface area contributed by atoms with E-state index in [2.05, 4.69) is 4.99 Å². The van der Waals surface area contributed by atoms with Gasteiger partial charge in [0.05, 0.1) is 5.69 Å². The Balaban J connectivity index is 2.15. The number of benzene rings is 1. The van der Waals surface area contributed by atoms with Gasteiger partial charge in [0.2, 0.25) is 0 Å². The predicted molar refractivity (Wildman–Crippen MR) is 57.6 cm³/mol. The summed E-state index contributed by atoms with van der Waals surface area (Å²) >= 11 is 0. The van der Waals surface area contributed by atoms with E-state index >= 15 is 0 Å². The predicted octanol–water partition coefficient (Wildman–Crippen LogP) is 1.29. The van der Waals surface area contributed by atoms with Gasteiger partial charge in [-0.2, -0.15) is 0 Å². The van der Waals surface area contributed by atoms with Gasteiger partial charge in [0.15, 0.2) is 0 Å². The van der Waals surface area contributed by atoms with Gasteiger partial charge in [-0.05, 0) is 18.1 Å². The minimum absolute atomic E-state index is 0.0345. The van der Waals surface area contributed by atoms with Crippen molar-refractivity contribution in [2.24, 2.45) is 10.7 Å². The van der Waals surface area contributed by atoms with Crippen molar-refractivity contribution in [3.63, 3.8) is 0 Å². The van der Waals surface area contributed by atoms with Gasteiger partial charge in [0, 0.05) is 12.1 Å². The van der Waals surface area contributed by atoms with E-state index in [1.807, 2.05) is 24.3 Å². The van der Waals surface area contributed by atoms with Gasteiger partial charge in [0.1, 0.15) is 6.04 Å². The Morgan fingerprint density at radius 1 is 1.53 bits per heavy atom. The van der Waals surface area contributed by atoms with Crippen LogP contribution in [0.3, 0.4) is 0 Å². The van der Waals surface area contributed by atoms with Crippen molar-refractivity contribution >= 4 is 17.9 Å². The Morgan fingerprint density at radius 2 is 2.27 bits per heavy atom. The molecular formula is C11H12N2O2. The number of aliphatic imine (C=N–C) groups is 1. The molecule has 4 nitrogen and oxygen atoms in total. The van der Waals surface area contributed by atoms with Crippen molar-refractivity contribution in [2.45, 2.75) is 18.4 Å². The van der Waals surface area contributed by atoms with Gasteiger partial charge in [-0.25, -0.2) is 0 Å². The third kappa shape index (κ3) is 1.89. The smallest absolute Gasteiger partial charge is 0.320 e. The molecule has 2 atom stereocenters. The molecule has 15 heavy (non-hydrogen) atoms. The van der Waals surface area contributed by atoms with Crippen molar-refractivity contribution in [3.8, 4) is 0 Å². The molecule has 0 bridgehead atoms. The second kappa shape index (κ2) is 3.82. The number of aliphatic carboxylic acids is 1. The van der Waals surface area contributed by atoms with Crippen LogP contribution in [-0.4, -0.2) is 23.3 Å². The number of carbonyl (C=O) groups is 1. The number of hydrogen-bond acceptors (Lipinski definition) is 3. The van der Waals surface area contributed by atoms with Crippen molar-refractivity contribution < 1.29 is 9.90 Å². The van der Waals surface area contributed by atoms with E-state index in [-0.39, 0.29) is 5.92 Å². The summed E-state index contributed by atoms with van der Waals surface area (Å²) in [7, 11) is 0. The van der Waals surface area contributed by atoms with Crippen LogP contribution in [0.1, 0.15) is 17.9 Å². The molecule has 78 valence electrons. The molecule has 3 N–H and O–H groups in total. The molecule has 0 fully saturated rings. The van der Waals surface area contributed by atoms with Crippen LogP contribution in [0.4, 0.5) is 5.69 Å². The number of fused-ring (bicyclic) bond motifs is 1. The third-order valence-electron chi connectivity index (χ3n) is 2.55. The average molecular weight is 204 g/mol. The lowest BCUT2D eigenvalue weighted by Crippen LogP contribution is -2.31. The monoisotopic (exact) mass is 204 g/mol. The molecule has 0 amide bonds. The van der Waals surface area contributed by atoms with Crippen LogP contribution >= 0.6 is 0 Å². The topological polar surface area (TPSA) is 75.7 Å². The Labute approximate surface area is 87.4 Å². The fourth-order valence-corrected chi connectivity index (χ4v) is 1.73. The lowest BCUT2D eigenvalue weighted by Gasteiger charge is -2.11. The highest BCUT2D eigenvalue weighted by molar-refractivity contribution is 5.82. The molecular weight excluding hydrogens is 192 g/mol. The molecule has 0 saturated heterocycles. The van der Waals surface area contributed by atoms with Crippen LogP contribution in [0, 0.1) is 0 Å². The van der Waals surface area contributed by atoms with Crippen molar-refractivity contribution in [1.82, 2.24) is 0 Å². The minimum Gasteiger partial charge on any atom is -0.480 e.